The van der Waals surface area contributed by atoms with Gasteiger partial charge in [-0.05, 0) is 37.8 Å². The van der Waals surface area contributed by atoms with E-state index in [0.29, 0.717) is 5.92 Å². The Bertz CT molecular complexity index is 408. The van der Waals surface area contributed by atoms with E-state index in [4.69, 9.17) is 0 Å². The van der Waals surface area contributed by atoms with Gasteiger partial charge >= 0.3 is 6.18 Å². The van der Waals surface area contributed by atoms with Crippen LogP contribution in [0.3, 0.4) is 0 Å². The second-order valence-corrected chi connectivity index (χ2v) is 5.37. The summed E-state index contributed by atoms with van der Waals surface area (Å²) in [6, 6.07) is 5.81. The van der Waals surface area contributed by atoms with Crippen molar-refractivity contribution in [3.63, 3.8) is 0 Å². The van der Waals surface area contributed by atoms with Gasteiger partial charge in [0.25, 0.3) is 0 Å². The normalized spacial score (nSPS) is 19.2. The smallest absolute Gasteiger partial charge is 0.382 e. The number of nitrogens with one attached hydrogen (secondary N) is 1. The van der Waals surface area contributed by atoms with Crippen molar-refractivity contribution >= 4 is 5.69 Å². The third kappa shape index (κ3) is 3.64. The Morgan fingerprint density at radius 2 is 1.74 bits per heavy atom. The molecule has 0 spiro atoms. The molecule has 4 heteroatoms. The lowest BCUT2D eigenvalue weighted by molar-refractivity contribution is -0.137. The van der Waals surface area contributed by atoms with E-state index in [1.54, 1.807) is 6.07 Å². The number of hydrogen-bond acceptors (Lipinski definition) is 1. The fourth-order valence-electron chi connectivity index (χ4n) is 2.85. The van der Waals surface area contributed by atoms with Crippen molar-refractivity contribution in [2.75, 3.05) is 5.32 Å². The third-order valence-electron chi connectivity index (χ3n) is 3.97. The van der Waals surface area contributed by atoms with Crippen LogP contribution in [0.4, 0.5) is 18.9 Å². The molecule has 1 aliphatic carbocycles. The zero-order valence-corrected chi connectivity index (χ0v) is 11.1. The van der Waals surface area contributed by atoms with Crippen LogP contribution in [0.2, 0.25) is 0 Å². The molecule has 0 bridgehead atoms. The number of halogens is 3. The summed E-state index contributed by atoms with van der Waals surface area (Å²) in [7, 11) is 0. The first-order chi connectivity index (χ1) is 8.98. The van der Waals surface area contributed by atoms with E-state index in [1.165, 1.54) is 31.4 Å². The Labute approximate surface area is 112 Å². The average Bonchev–Trinajstić information content (AvgIpc) is 2.39. The number of para-hydroxylation sites is 1. The van der Waals surface area contributed by atoms with Crippen LogP contribution in [0.15, 0.2) is 24.3 Å². The van der Waals surface area contributed by atoms with Gasteiger partial charge in [-0.15, -0.1) is 0 Å². The molecule has 1 nitrogen and oxygen atoms in total. The molecule has 1 aliphatic rings. The molecule has 1 aromatic rings. The van der Waals surface area contributed by atoms with Gasteiger partial charge in [-0.3, -0.25) is 0 Å². The van der Waals surface area contributed by atoms with Crippen molar-refractivity contribution in [1.29, 1.82) is 0 Å². The molecule has 1 aromatic carbocycles. The topological polar surface area (TPSA) is 12.0 Å². The molecule has 1 N–H and O–H groups in total. The Morgan fingerprint density at radius 1 is 1.11 bits per heavy atom. The van der Waals surface area contributed by atoms with E-state index in [9.17, 15) is 13.2 Å². The molecule has 106 valence electrons. The van der Waals surface area contributed by atoms with Crippen LogP contribution >= 0.6 is 0 Å². The van der Waals surface area contributed by atoms with Gasteiger partial charge in [0.05, 0.1) is 5.56 Å². The Balaban J connectivity index is 2.10. The highest BCUT2D eigenvalue weighted by Gasteiger charge is 2.33. The summed E-state index contributed by atoms with van der Waals surface area (Å²) in [5, 5.41) is 3.07. The lowest BCUT2D eigenvalue weighted by Gasteiger charge is -2.29. The van der Waals surface area contributed by atoms with Crippen LogP contribution in [-0.4, -0.2) is 6.04 Å². The zero-order chi connectivity index (χ0) is 13.9. The Hall–Kier alpha value is -1.19. The van der Waals surface area contributed by atoms with Gasteiger partial charge in [0, 0.05) is 11.7 Å². The van der Waals surface area contributed by atoms with Crippen molar-refractivity contribution in [3.8, 4) is 0 Å². The van der Waals surface area contributed by atoms with Crippen molar-refractivity contribution in [3.05, 3.63) is 29.8 Å². The summed E-state index contributed by atoms with van der Waals surface area (Å²) >= 11 is 0. The number of hydrogen-bond donors (Lipinski definition) is 1. The van der Waals surface area contributed by atoms with Crippen LogP contribution in [-0.2, 0) is 6.18 Å². The minimum Gasteiger partial charge on any atom is -0.382 e. The monoisotopic (exact) mass is 271 g/mol. The van der Waals surface area contributed by atoms with E-state index in [2.05, 4.69) is 5.32 Å². The summed E-state index contributed by atoms with van der Waals surface area (Å²) in [6.45, 7) is 1.99. The molecule has 0 saturated heterocycles. The summed E-state index contributed by atoms with van der Waals surface area (Å²) in [4.78, 5) is 0. The minimum absolute atomic E-state index is 0.0869. The largest absolute Gasteiger partial charge is 0.418 e. The summed E-state index contributed by atoms with van der Waals surface area (Å²) in [6.07, 6.45) is 1.57. The lowest BCUT2D eigenvalue weighted by atomic mass is 9.84. The van der Waals surface area contributed by atoms with Crippen molar-refractivity contribution in [1.82, 2.24) is 0 Å². The van der Waals surface area contributed by atoms with Gasteiger partial charge in [-0.2, -0.15) is 13.2 Å². The average molecular weight is 271 g/mol. The minimum atomic E-state index is -4.30. The molecule has 0 radical (unpaired) electrons. The predicted octanol–water partition coefficient (Wildman–Crippen LogP) is 5.09. The summed E-state index contributed by atoms with van der Waals surface area (Å²) < 4.78 is 38.7. The summed E-state index contributed by atoms with van der Waals surface area (Å²) in [5.41, 5.74) is -0.370. The molecule has 1 atom stereocenters. The maximum Gasteiger partial charge on any atom is 0.418 e. The maximum atomic E-state index is 12.9. The number of benzene rings is 1. The molecule has 0 aromatic heterocycles. The molecule has 1 fully saturated rings. The highest BCUT2D eigenvalue weighted by Crippen LogP contribution is 2.36. The second-order valence-electron chi connectivity index (χ2n) is 5.37. The van der Waals surface area contributed by atoms with E-state index in [-0.39, 0.29) is 11.7 Å². The quantitative estimate of drug-likeness (QED) is 0.807. The predicted molar refractivity (Wildman–Crippen MR) is 71.1 cm³/mol. The molecule has 0 amide bonds. The van der Waals surface area contributed by atoms with Crippen LogP contribution in [0.25, 0.3) is 0 Å². The fourth-order valence-corrected chi connectivity index (χ4v) is 2.85. The van der Waals surface area contributed by atoms with Gasteiger partial charge in [0.1, 0.15) is 0 Å². The molecule has 1 unspecified atom stereocenters. The standard InChI is InChI=1S/C15H20F3N/c1-11(12-7-3-2-4-8-12)19-14-10-6-5-9-13(14)15(16,17)18/h5-6,9-12,19H,2-4,7-8H2,1H3. The zero-order valence-electron chi connectivity index (χ0n) is 11.1. The molecule has 19 heavy (non-hydrogen) atoms. The third-order valence-corrected chi connectivity index (χ3v) is 3.97. The van der Waals surface area contributed by atoms with E-state index in [1.807, 2.05) is 6.92 Å². The first kappa shape index (κ1) is 14.2. The number of anilines is 1. The van der Waals surface area contributed by atoms with Gasteiger partial charge in [0.15, 0.2) is 0 Å². The van der Waals surface area contributed by atoms with Crippen LogP contribution in [0, 0.1) is 5.92 Å². The number of rotatable bonds is 3. The van der Waals surface area contributed by atoms with Crippen molar-refractivity contribution in [2.45, 2.75) is 51.2 Å². The molecule has 2 rings (SSSR count). The van der Waals surface area contributed by atoms with E-state index < -0.39 is 11.7 Å². The van der Waals surface area contributed by atoms with Crippen LogP contribution in [0.1, 0.15) is 44.6 Å². The van der Waals surface area contributed by atoms with Gasteiger partial charge < -0.3 is 5.32 Å². The van der Waals surface area contributed by atoms with Gasteiger partial charge in [-0.25, -0.2) is 0 Å². The van der Waals surface area contributed by atoms with Crippen molar-refractivity contribution in [2.24, 2.45) is 5.92 Å². The highest BCUT2D eigenvalue weighted by molar-refractivity contribution is 5.53. The Morgan fingerprint density at radius 3 is 2.37 bits per heavy atom. The number of alkyl halides is 3. The van der Waals surface area contributed by atoms with Gasteiger partial charge in [-0.1, -0.05) is 31.4 Å². The van der Waals surface area contributed by atoms with E-state index in [0.717, 1.165) is 18.9 Å². The molecule has 0 heterocycles. The SMILES string of the molecule is CC(Nc1ccccc1C(F)(F)F)C1CCCCC1. The maximum absolute atomic E-state index is 12.9. The molecule has 0 aliphatic heterocycles. The van der Waals surface area contributed by atoms with Crippen LogP contribution in [0.5, 0.6) is 0 Å². The van der Waals surface area contributed by atoms with Gasteiger partial charge in [0.2, 0.25) is 0 Å². The van der Waals surface area contributed by atoms with Crippen molar-refractivity contribution < 1.29 is 13.2 Å². The fraction of sp³-hybridized carbons (Fsp3) is 0.600. The highest BCUT2D eigenvalue weighted by atomic mass is 19.4. The second kappa shape index (κ2) is 5.85. The lowest BCUT2D eigenvalue weighted by Crippen LogP contribution is -2.28. The van der Waals surface area contributed by atoms with Crippen LogP contribution < -0.4 is 5.32 Å². The molecular weight excluding hydrogens is 251 g/mol. The first-order valence-corrected chi connectivity index (χ1v) is 6.91. The summed E-state index contributed by atoms with van der Waals surface area (Å²) in [5.74, 6) is 0.482. The van der Waals surface area contributed by atoms with E-state index >= 15 is 0 Å². The Kier molecular flexibility index (Phi) is 4.38. The first-order valence-electron chi connectivity index (χ1n) is 6.91. The molecule has 1 saturated carbocycles. The molecular formula is C15H20F3N.